The fourth-order valence-corrected chi connectivity index (χ4v) is 1.28. The average Bonchev–Trinajstić information content (AvgIpc) is 2.48. The molecule has 1 rings (SSSR count). The minimum Gasteiger partial charge on any atom is -0.392 e. The highest BCUT2D eigenvalue weighted by Crippen LogP contribution is 2.01. The van der Waals surface area contributed by atoms with Crippen LogP contribution in [0.25, 0.3) is 0 Å². The Labute approximate surface area is 79.4 Å². The third-order valence-electron chi connectivity index (χ3n) is 1.87. The third kappa shape index (κ3) is 3.61. The van der Waals surface area contributed by atoms with Crippen LogP contribution in [0.1, 0.15) is 19.4 Å². The molecule has 3 heteroatoms. The summed E-state index contributed by atoms with van der Waals surface area (Å²) in [6.45, 7) is 6.45. The fraction of sp³-hybridized carbons (Fsp3) is 0.600. The lowest BCUT2D eigenvalue weighted by Crippen LogP contribution is -2.12. The van der Waals surface area contributed by atoms with Gasteiger partial charge in [0.2, 0.25) is 0 Å². The molecule has 13 heavy (non-hydrogen) atoms. The monoisotopic (exact) mass is 182 g/mol. The Kier molecular flexibility index (Phi) is 3.99. The molecule has 1 aromatic heterocycles. The maximum absolute atomic E-state index is 9.15. The van der Waals surface area contributed by atoms with Crippen LogP contribution in [0.3, 0.4) is 0 Å². The van der Waals surface area contributed by atoms with Crippen molar-refractivity contribution in [3.63, 3.8) is 0 Å². The molecule has 3 nitrogen and oxygen atoms in total. The SMILES string of the molecule is CCNCc1ccn(CC(C)O)c1. The molecule has 2 N–H and O–H groups in total. The molecule has 0 fully saturated rings. The van der Waals surface area contributed by atoms with Crippen molar-refractivity contribution < 1.29 is 5.11 Å². The molecule has 1 unspecified atom stereocenters. The quantitative estimate of drug-likeness (QED) is 0.712. The standard InChI is InChI=1S/C10H18N2O/c1-3-11-6-10-4-5-12(8-10)7-9(2)13/h4-5,8-9,11,13H,3,6-7H2,1-2H3. The Hall–Kier alpha value is -0.800. The normalized spacial score (nSPS) is 13.2. The lowest BCUT2D eigenvalue weighted by atomic mass is 10.3. The minimum absolute atomic E-state index is 0.278. The average molecular weight is 182 g/mol. The Bertz CT molecular complexity index is 243. The van der Waals surface area contributed by atoms with Gasteiger partial charge in [0.25, 0.3) is 0 Å². The summed E-state index contributed by atoms with van der Waals surface area (Å²) in [6.07, 6.45) is 3.79. The van der Waals surface area contributed by atoms with E-state index in [0.29, 0.717) is 6.54 Å². The number of aromatic nitrogens is 1. The van der Waals surface area contributed by atoms with E-state index < -0.39 is 0 Å². The van der Waals surface area contributed by atoms with Crippen LogP contribution in [0.15, 0.2) is 18.5 Å². The van der Waals surface area contributed by atoms with Crippen LogP contribution in [-0.2, 0) is 13.1 Å². The minimum atomic E-state index is -0.278. The Balaban J connectivity index is 2.44. The zero-order chi connectivity index (χ0) is 9.68. The van der Waals surface area contributed by atoms with Crippen molar-refractivity contribution in [3.8, 4) is 0 Å². The first kappa shape index (κ1) is 10.3. The summed E-state index contributed by atoms with van der Waals surface area (Å²) in [4.78, 5) is 0. The van der Waals surface area contributed by atoms with Crippen molar-refractivity contribution in [2.75, 3.05) is 6.54 Å². The summed E-state index contributed by atoms with van der Waals surface area (Å²) in [5, 5.41) is 12.4. The lowest BCUT2D eigenvalue weighted by molar-refractivity contribution is 0.173. The molecule has 0 saturated heterocycles. The van der Waals surface area contributed by atoms with E-state index in [0.717, 1.165) is 13.1 Å². The molecule has 0 aliphatic heterocycles. The summed E-state index contributed by atoms with van der Waals surface area (Å²) in [7, 11) is 0. The van der Waals surface area contributed by atoms with Gasteiger partial charge in [-0.1, -0.05) is 6.92 Å². The number of nitrogens with zero attached hydrogens (tertiary/aromatic N) is 1. The van der Waals surface area contributed by atoms with Crippen LogP contribution in [0.5, 0.6) is 0 Å². The molecular weight excluding hydrogens is 164 g/mol. The Morgan fingerprint density at radius 2 is 2.38 bits per heavy atom. The highest BCUT2D eigenvalue weighted by molar-refractivity contribution is 5.09. The van der Waals surface area contributed by atoms with Gasteiger partial charge in [-0.25, -0.2) is 0 Å². The number of hydrogen-bond donors (Lipinski definition) is 2. The first-order valence-electron chi connectivity index (χ1n) is 4.75. The van der Waals surface area contributed by atoms with Crippen molar-refractivity contribution in [2.45, 2.75) is 33.0 Å². The molecule has 0 spiro atoms. The first-order valence-corrected chi connectivity index (χ1v) is 4.75. The predicted molar refractivity (Wildman–Crippen MR) is 53.5 cm³/mol. The summed E-state index contributed by atoms with van der Waals surface area (Å²) in [5.74, 6) is 0. The maximum atomic E-state index is 9.15. The van der Waals surface area contributed by atoms with Gasteiger partial charge >= 0.3 is 0 Å². The summed E-state index contributed by atoms with van der Waals surface area (Å²) in [6, 6.07) is 2.07. The van der Waals surface area contributed by atoms with Gasteiger partial charge in [0.15, 0.2) is 0 Å². The third-order valence-corrected chi connectivity index (χ3v) is 1.87. The molecule has 0 aliphatic rings. The molecule has 1 atom stereocenters. The predicted octanol–water partition coefficient (Wildman–Crippen LogP) is 0.978. The molecular formula is C10H18N2O. The van der Waals surface area contributed by atoms with Gasteiger partial charge in [-0.05, 0) is 25.1 Å². The molecule has 1 heterocycles. The molecule has 1 aromatic rings. The van der Waals surface area contributed by atoms with Gasteiger partial charge in [0.05, 0.1) is 6.10 Å². The Morgan fingerprint density at radius 3 is 3.00 bits per heavy atom. The van der Waals surface area contributed by atoms with Crippen LogP contribution in [-0.4, -0.2) is 22.3 Å². The van der Waals surface area contributed by atoms with Crippen molar-refractivity contribution in [1.29, 1.82) is 0 Å². The van der Waals surface area contributed by atoms with Gasteiger partial charge in [-0.2, -0.15) is 0 Å². The smallest absolute Gasteiger partial charge is 0.0690 e. The number of nitrogens with one attached hydrogen (secondary N) is 1. The number of hydrogen-bond acceptors (Lipinski definition) is 2. The largest absolute Gasteiger partial charge is 0.392 e. The van der Waals surface area contributed by atoms with E-state index in [9.17, 15) is 0 Å². The molecule has 0 aromatic carbocycles. The molecule has 0 bridgehead atoms. The van der Waals surface area contributed by atoms with Crippen LogP contribution < -0.4 is 5.32 Å². The van der Waals surface area contributed by atoms with Gasteiger partial charge in [-0.15, -0.1) is 0 Å². The maximum Gasteiger partial charge on any atom is 0.0690 e. The van der Waals surface area contributed by atoms with Gasteiger partial charge in [-0.3, -0.25) is 0 Å². The number of rotatable bonds is 5. The van der Waals surface area contributed by atoms with Crippen LogP contribution >= 0.6 is 0 Å². The van der Waals surface area contributed by atoms with E-state index in [2.05, 4.69) is 24.5 Å². The second kappa shape index (κ2) is 5.04. The van der Waals surface area contributed by atoms with Crippen LogP contribution in [0.4, 0.5) is 0 Å². The van der Waals surface area contributed by atoms with E-state index >= 15 is 0 Å². The second-order valence-corrected chi connectivity index (χ2v) is 3.35. The fourth-order valence-electron chi connectivity index (χ4n) is 1.28. The van der Waals surface area contributed by atoms with Crippen LogP contribution in [0.2, 0.25) is 0 Å². The highest BCUT2D eigenvalue weighted by atomic mass is 16.3. The topological polar surface area (TPSA) is 37.2 Å². The highest BCUT2D eigenvalue weighted by Gasteiger charge is 1.98. The first-order chi connectivity index (χ1) is 6.22. The molecule has 0 aliphatic carbocycles. The van der Waals surface area contributed by atoms with Crippen molar-refractivity contribution in [1.82, 2.24) is 9.88 Å². The van der Waals surface area contributed by atoms with Crippen molar-refractivity contribution in [3.05, 3.63) is 24.0 Å². The molecule has 0 saturated carbocycles. The zero-order valence-electron chi connectivity index (χ0n) is 8.33. The van der Waals surface area contributed by atoms with Crippen molar-refractivity contribution in [2.24, 2.45) is 0 Å². The lowest BCUT2D eigenvalue weighted by Gasteiger charge is -2.04. The van der Waals surface area contributed by atoms with Crippen LogP contribution in [0, 0.1) is 0 Å². The molecule has 0 amide bonds. The second-order valence-electron chi connectivity index (χ2n) is 3.35. The molecule has 74 valence electrons. The van der Waals surface area contributed by atoms with Gasteiger partial charge in [0.1, 0.15) is 0 Å². The number of aliphatic hydroxyl groups excluding tert-OH is 1. The Morgan fingerprint density at radius 1 is 1.62 bits per heavy atom. The summed E-state index contributed by atoms with van der Waals surface area (Å²) >= 11 is 0. The van der Waals surface area contributed by atoms with Gasteiger partial charge in [0, 0.05) is 25.5 Å². The number of aliphatic hydroxyl groups is 1. The van der Waals surface area contributed by atoms with E-state index in [1.54, 1.807) is 6.92 Å². The summed E-state index contributed by atoms with van der Waals surface area (Å²) < 4.78 is 2.01. The zero-order valence-corrected chi connectivity index (χ0v) is 8.33. The van der Waals surface area contributed by atoms with E-state index in [-0.39, 0.29) is 6.10 Å². The van der Waals surface area contributed by atoms with E-state index in [4.69, 9.17) is 5.11 Å². The molecule has 0 radical (unpaired) electrons. The van der Waals surface area contributed by atoms with E-state index in [1.807, 2.05) is 10.8 Å². The summed E-state index contributed by atoms with van der Waals surface area (Å²) in [5.41, 5.74) is 1.27. The van der Waals surface area contributed by atoms with Crippen molar-refractivity contribution >= 4 is 0 Å². The van der Waals surface area contributed by atoms with Gasteiger partial charge < -0.3 is 15.0 Å². The van der Waals surface area contributed by atoms with E-state index in [1.165, 1.54) is 5.56 Å².